The number of aliphatic hydroxyl groups excluding tert-OH is 1. The summed E-state index contributed by atoms with van der Waals surface area (Å²) in [6.07, 6.45) is -3.83. The monoisotopic (exact) mass is 812 g/mol. The lowest BCUT2D eigenvalue weighted by atomic mass is 9.91. The van der Waals surface area contributed by atoms with E-state index in [9.17, 15) is 32.7 Å². The number of nitrogens with one attached hydrogen (secondary N) is 4. The Kier molecular flexibility index (Phi) is 11.3. The summed E-state index contributed by atoms with van der Waals surface area (Å²) in [7, 11) is 0. The summed E-state index contributed by atoms with van der Waals surface area (Å²) in [5, 5.41) is 23.4. The van der Waals surface area contributed by atoms with Crippen molar-refractivity contribution in [2.75, 3.05) is 29.9 Å². The number of esters is 1. The van der Waals surface area contributed by atoms with Crippen molar-refractivity contribution in [3.63, 3.8) is 0 Å². The number of pyridine rings is 1. The van der Waals surface area contributed by atoms with Gasteiger partial charge in [0.25, 0.3) is 0 Å². The van der Waals surface area contributed by atoms with E-state index in [2.05, 4.69) is 31.2 Å². The molecule has 59 heavy (non-hydrogen) atoms. The van der Waals surface area contributed by atoms with Crippen molar-refractivity contribution in [2.24, 2.45) is 5.92 Å². The quantitative estimate of drug-likeness (QED) is 0.107. The number of aliphatic hydroxyl groups is 1. The molecule has 308 valence electrons. The molecule has 0 radical (unpaired) electrons. The maximum Gasteiger partial charge on any atom is 0.490 e. The van der Waals surface area contributed by atoms with Crippen LogP contribution in [0.3, 0.4) is 0 Å². The number of carbonyl (C=O) groups is 3. The number of aromatic nitrogens is 5. The van der Waals surface area contributed by atoms with E-state index in [4.69, 9.17) is 14.7 Å². The molecule has 0 bridgehead atoms. The van der Waals surface area contributed by atoms with Gasteiger partial charge < -0.3 is 40.6 Å². The summed E-state index contributed by atoms with van der Waals surface area (Å²) in [6, 6.07) is 22.5. The molecule has 4 heterocycles. The molecule has 18 heteroatoms. The second kappa shape index (κ2) is 16.9. The first-order valence-corrected chi connectivity index (χ1v) is 19.6. The predicted octanol–water partition coefficient (Wildman–Crippen LogP) is 4.22. The van der Waals surface area contributed by atoms with Crippen LogP contribution in [0.4, 0.5) is 29.7 Å². The smallest absolute Gasteiger partial charge is 0.451 e. The number of benzene rings is 2. The van der Waals surface area contributed by atoms with Crippen LogP contribution in [0.2, 0.25) is 0 Å². The minimum atomic E-state index is -5.33. The molecule has 0 spiro atoms. The Labute approximate surface area is 336 Å². The number of urea groups is 1. The van der Waals surface area contributed by atoms with Gasteiger partial charge in [0.1, 0.15) is 6.10 Å². The van der Waals surface area contributed by atoms with Crippen LogP contribution < -0.4 is 26.2 Å². The fourth-order valence-electron chi connectivity index (χ4n) is 7.77. The van der Waals surface area contributed by atoms with Crippen LogP contribution in [-0.4, -0.2) is 97.6 Å². The zero-order valence-electron chi connectivity index (χ0n) is 31.8. The van der Waals surface area contributed by atoms with E-state index in [0.717, 1.165) is 11.1 Å². The molecular weight excluding hydrogens is 770 g/mol. The van der Waals surface area contributed by atoms with E-state index < -0.39 is 36.4 Å². The lowest BCUT2D eigenvalue weighted by Gasteiger charge is -2.25. The molecule has 5 atom stereocenters. The van der Waals surface area contributed by atoms with E-state index in [1.54, 1.807) is 12.3 Å². The standard InChI is InChI=1S/C41H43F3N10O5/c42-41(43,44)38(57)59-34-31(19-30(33(34)55)50-37(56)26-14-15-26)54-23-48-32-35(46-21-29(24-9-3-1-4-10-24)25-11-5-2-6-12-25)51-39(52-36(32)54)53-18-16-28(22-53)49-40(58)47-20-27-13-7-8-17-45-27/h1-13,17,23,26,28-31,33-34,55H,14-16,18-22H2,(H,50,56)(H,46,51,52)(H2,47,49,58)/t28-,30+,31-,33-,34+/m1/s1. The highest BCUT2D eigenvalue weighted by atomic mass is 19.4. The Bertz CT molecular complexity index is 2220. The van der Waals surface area contributed by atoms with Gasteiger partial charge in [-0.15, -0.1) is 0 Å². The molecular formula is C41H43F3N10O5. The molecule has 8 rings (SSSR count). The van der Waals surface area contributed by atoms with Crippen LogP contribution in [0.5, 0.6) is 0 Å². The number of carbonyl (C=O) groups excluding carboxylic acids is 3. The summed E-state index contributed by atoms with van der Waals surface area (Å²) in [5.74, 6) is -2.55. The molecule has 3 aromatic heterocycles. The number of hydrogen-bond acceptors (Lipinski definition) is 11. The Balaban J connectivity index is 1.11. The van der Waals surface area contributed by atoms with Crippen LogP contribution in [0, 0.1) is 5.92 Å². The van der Waals surface area contributed by atoms with Gasteiger partial charge in [-0.25, -0.2) is 14.6 Å². The van der Waals surface area contributed by atoms with Crippen molar-refractivity contribution < 1.29 is 37.4 Å². The highest BCUT2D eigenvalue weighted by molar-refractivity contribution is 5.85. The molecule has 3 amide bonds. The zero-order chi connectivity index (χ0) is 41.1. The molecule has 3 aliphatic rings. The molecule has 2 saturated carbocycles. The van der Waals surface area contributed by atoms with E-state index in [1.807, 2.05) is 77.7 Å². The summed E-state index contributed by atoms with van der Waals surface area (Å²) < 4.78 is 47.1. The topological polar surface area (TPSA) is 189 Å². The average Bonchev–Trinajstić information content (AvgIpc) is 3.74. The van der Waals surface area contributed by atoms with E-state index in [-0.39, 0.29) is 59.9 Å². The number of nitrogens with zero attached hydrogens (tertiary/aromatic N) is 6. The van der Waals surface area contributed by atoms with Crippen molar-refractivity contribution >= 4 is 40.8 Å². The summed E-state index contributed by atoms with van der Waals surface area (Å²) >= 11 is 0. The second-order valence-electron chi connectivity index (χ2n) is 15.1. The van der Waals surface area contributed by atoms with Gasteiger partial charge in [0.2, 0.25) is 11.9 Å². The molecule has 2 aliphatic carbocycles. The van der Waals surface area contributed by atoms with Crippen molar-refractivity contribution in [2.45, 2.75) is 74.7 Å². The van der Waals surface area contributed by atoms with E-state index >= 15 is 0 Å². The summed E-state index contributed by atoms with van der Waals surface area (Å²) in [6.45, 7) is 1.42. The number of hydrogen-bond donors (Lipinski definition) is 5. The van der Waals surface area contributed by atoms with Crippen molar-refractivity contribution in [3.8, 4) is 0 Å². The highest BCUT2D eigenvalue weighted by Gasteiger charge is 2.52. The minimum absolute atomic E-state index is 0.0730. The second-order valence-corrected chi connectivity index (χ2v) is 15.1. The fourth-order valence-corrected chi connectivity index (χ4v) is 7.77. The van der Waals surface area contributed by atoms with Crippen LogP contribution in [0.15, 0.2) is 91.4 Å². The third-order valence-electron chi connectivity index (χ3n) is 11.0. The number of amides is 3. The number of halogens is 3. The Morgan fingerprint density at radius 2 is 1.61 bits per heavy atom. The summed E-state index contributed by atoms with van der Waals surface area (Å²) in [4.78, 5) is 58.4. The molecule has 5 aromatic rings. The normalized spacial score (nSPS) is 21.7. The van der Waals surface area contributed by atoms with Crippen LogP contribution in [0.1, 0.15) is 54.5 Å². The van der Waals surface area contributed by atoms with Crippen molar-refractivity contribution in [3.05, 3.63) is 108 Å². The number of anilines is 2. The fraction of sp³-hybridized carbons (Fsp3) is 0.390. The zero-order valence-corrected chi connectivity index (χ0v) is 31.8. The molecule has 0 unspecified atom stereocenters. The largest absolute Gasteiger partial charge is 0.490 e. The molecule has 3 fully saturated rings. The molecule has 15 nitrogen and oxygen atoms in total. The first-order valence-electron chi connectivity index (χ1n) is 19.6. The first kappa shape index (κ1) is 39.5. The van der Waals surface area contributed by atoms with Gasteiger partial charge >= 0.3 is 18.2 Å². The van der Waals surface area contributed by atoms with Gasteiger partial charge in [-0.2, -0.15) is 23.1 Å². The van der Waals surface area contributed by atoms with Gasteiger partial charge in [0, 0.05) is 43.7 Å². The third kappa shape index (κ3) is 9.06. The van der Waals surface area contributed by atoms with Gasteiger partial charge in [-0.05, 0) is 48.9 Å². The SMILES string of the molecule is O=C(NCc1ccccn1)N[C@@H]1CCN(c2nc(NCC(c3ccccc3)c3ccccc3)c3ncn([C@@H]4C[C@H](NC(=O)C5CC5)[C@@H](O)[C@H]4OC(=O)C(F)(F)F)c3n2)C1. The summed E-state index contributed by atoms with van der Waals surface area (Å²) in [5.41, 5.74) is 3.29. The maximum atomic E-state index is 13.6. The van der Waals surface area contributed by atoms with E-state index in [1.165, 1.54) is 10.9 Å². The molecule has 1 saturated heterocycles. The van der Waals surface area contributed by atoms with Gasteiger partial charge in [0.05, 0.1) is 30.6 Å². The van der Waals surface area contributed by atoms with Gasteiger partial charge in [-0.1, -0.05) is 66.7 Å². The van der Waals surface area contributed by atoms with Gasteiger partial charge in [0.15, 0.2) is 23.1 Å². The number of rotatable bonds is 13. The molecule has 5 N–H and O–H groups in total. The van der Waals surface area contributed by atoms with Gasteiger partial charge in [-0.3, -0.25) is 9.78 Å². The third-order valence-corrected chi connectivity index (χ3v) is 11.0. The molecule has 1 aliphatic heterocycles. The lowest BCUT2D eigenvalue weighted by Crippen LogP contribution is -2.45. The first-order chi connectivity index (χ1) is 28.5. The number of imidazole rings is 1. The Morgan fingerprint density at radius 3 is 2.27 bits per heavy atom. The van der Waals surface area contributed by atoms with Crippen LogP contribution in [0.25, 0.3) is 11.2 Å². The van der Waals surface area contributed by atoms with Crippen LogP contribution in [-0.2, 0) is 20.9 Å². The average molecular weight is 813 g/mol. The van der Waals surface area contributed by atoms with Crippen LogP contribution >= 0.6 is 0 Å². The number of fused-ring (bicyclic) bond motifs is 1. The number of ether oxygens (including phenoxy) is 1. The Morgan fingerprint density at radius 1 is 0.898 bits per heavy atom. The maximum absolute atomic E-state index is 13.6. The number of alkyl halides is 3. The van der Waals surface area contributed by atoms with Crippen molar-refractivity contribution in [1.29, 1.82) is 0 Å². The minimum Gasteiger partial charge on any atom is -0.451 e. The predicted molar refractivity (Wildman–Crippen MR) is 209 cm³/mol. The highest BCUT2D eigenvalue weighted by Crippen LogP contribution is 2.39. The Hall–Kier alpha value is -6.30. The lowest BCUT2D eigenvalue weighted by molar-refractivity contribution is -0.209. The van der Waals surface area contributed by atoms with E-state index in [0.29, 0.717) is 50.4 Å². The molecule has 2 aromatic carbocycles. The van der Waals surface area contributed by atoms with Crippen molar-refractivity contribution in [1.82, 2.24) is 40.5 Å².